The quantitative estimate of drug-likeness (QED) is 0.743. The van der Waals surface area contributed by atoms with Crippen molar-refractivity contribution in [2.75, 3.05) is 6.54 Å². The first kappa shape index (κ1) is 12.1. The fourth-order valence-corrected chi connectivity index (χ4v) is 2.83. The van der Waals surface area contributed by atoms with Gasteiger partial charge in [0.05, 0.1) is 12.2 Å². The zero-order chi connectivity index (χ0) is 11.4. The molecule has 1 N–H and O–H groups in total. The number of hydrogen-bond donors (Lipinski definition) is 1. The molecule has 2 fully saturated rings. The predicted molar refractivity (Wildman–Crippen MR) is 67.6 cm³/mol. The summed E-state index contributed by atoms with van der Waals surface area (Å²) in [5.41, 5.74) is 1.50. The van der Waals surface area contributed by atoms with Crippen molar-refractivity contribution < 1.29 is 4.74 Å². The summed E-state index contributed by atoms with van der Waals surface area (Å²) in [6, 6.07) is 0.712. The maximum absolute atomic E-state index is 5.82. The van der Waals surface area contributed by atoms with Gasteiger partial charge in [-0.25, -0.2) is 0 Å². The Morgan fingerprint density at radius 3 is 2.81 bits per heavy atom. The van der Waals surface area contributed by atoms with Crippen LogP contribution in [-0.2, 0) is 4.74 Å². The molecule has 2 heteroatoms. The molecular formula is C14H25NO. The smallest absolute Gasteiger partial charge is 0.0762 e. The van der Waals surface area contributed by atoms with E-state index < -0.39 is 0 Å². The summed E-state index contributed by atoms with van der Waals surface area (Å²) in [5.74, 6) is 0. The van der Waals surface area contributed by atoms with Gasteiger partial charge in [0, 0.05) is 6.04 Å². The van der Waals surface area contributed by atoms with Gasteiger partial charge in [0.15, 0.2) is 0 Å². The van der Waals surface area contributed by atoms with Gasteiger partial charge in [-0.15, -0.1) is 0 Å². The van der Waals surface area contributed by atoms with Gasteiger partial charge in [-0.05, 0) is 52.5 Å². The minimum atomic E-state index is 0.388. The van der Waals surface area contributed by atoms with Gasteiger partial charge < -0.3 is 10.1 Å². The van der Waals surface area contributed by atoms with Gasteiger partial charge in [0.1, 0.15) is 0 Å². The van der Waals surface area contributed by atoms with Gasteiger partial charge in [-0.2, -0.15) is 0 Å². The molecule has 0 amide bonds. The maximum atomic E-state index is 5.82. The second-order valence-electron chi connectivity index (χ2n) is 5.43. The first-order valence-corrected chi connectivity index (χ1v) is 6.80. The molecule has 2 rings (SSSR count). The zero-order valence-corrected chi connectivity index (χ0v) is 10.7. The standard InChI is InChI=1S/C14H25NO/c1-11(9-13-5-3-4-8-15-13)10-14-7-6-12(2)16-14/h10,12-15H,3-9H2,1-2H3/b11-10-. The molecule has 3 atom stereocenters. The Morgan fingerprint density at radius 1 is 1.31 bits per heavy atom. The van der Waals surface area contributed by atoms with Crippen LogP contribution in [0.3, 0.4) is 0 Å². The molecule has 0 aliphatic carbocycles. The first-order chi connectivity index (χ1) is 7.74. The van der Waals surface area contributed by atoms with Crippen molar-refractivity contribution in [3.8, 4) is 0 Å². The van der Waals surface area contributed by atoms with Crippen LogP contribution in [0.1, 0.15) is 52.4 Å². The van der Waals surface area contributed by atoms with Crippen molar-refractivity contribution in [1.82, 2.24) is 5.32 Å². The van der Waals surface area contributed by atoms with Gasteiger partial charge in [-0.3, -0.25) is 0 Å². The summed E-state index contributed by atoms with van der Waals surface area (Å²) in [7, 11) is 0. The molecule has 16 heavy (non-hydrogen) atoms. The second-order valence-corrected chi connectivity index (χ2v) is 5.43. The highest BCUT2D eigenvalue weighted by molar-refractivity contribution is 5.06. The van der Waals surface area contributed by atoms with Crippen molar-refractivity contribution in [3.63, 3.8) is 0 Å². The van der Waals surface area contributed by atoms with Gasteiger partial charge in [0.25, 0.3) is 0 Å². The van der Waals surface area contributed by atoms with E-state index in [9.17, 15) is 0 Å². The summed E-state index contributed by atoms with van der Waals surface area (Å²) < 4.78 is 5.82. The highest BCUT2D eigenvalue weighted by atomic mass is 16.5. The van der Waals surface area contributed by atoms with E-state index in [0.29, 0.717) is 18.2 Å². The fraction of sp³-hybridized carbons (Fsp3) is 0.857. The van der Waals surface area contributed by atoms with Crippen molar-refractivity contribution in [2.24, 2.45) is 0 Å². The molecule has 0 spiro atoms. The Balaban J connectivity index is 1.77. The monoisotopic (exact) mass is 223 g/mol. The normalized spacial score (nSPS) is 36.6. The molecule has 0 aromatic carbocycles. The third kappa shape index (κ3) is 3.60. The third-order valence-electron chi connectivity index (χ3n) is 3.72. The maximum Gasteiger partial charge on any atom is 0.0762 e. The lowest BCUT2D eigenvalue weighted by atomic mass is 9.97. The molecule has 2 aliphatic rings. The molecule has 92 valence electrons. The third-order valence-corrected chi connectivity index (χ3v) is 3.72. The van der Waals surface area contributed by atoms with Gasteiger partial charge in [-0.1, -0.05) is 18.1 Å². The molecule has 0 bridgehead atoms. The van der Waals surface area contributed by atoms with E-state index in [0.717, 1.165) is 0 Å². The predicted octanol–water partition coefficient (Wildman–Crippen LogP) is 3.03. The summed E-state index contributed by atoms with van der Waals surface area (Å²) in [6.07, 6.45) is 10.9. The Bertz CT molecular complexity index is 243. The molecule has 0 aromatic rings. The summed E-state index contributed by atoms with van der Waals surface area (Å²) in [4.78, 5) is 0. The number of nitrogens with one attached hydrogen (secondary N) is 1. The van der Waals surface area contributed by atoms with E-state index in [1.165, 1.54) is 50.6 Å². The summed E-state index contributed by atoms with van der Waals surface area (Å²) in [5, 5.41) is 3.60. The highest BCUT2D eigenvalue weighted by Gasteiger charge is 2.20. The first-order valence-electron chi connectivity index (χ1n) is 6.80. The Morgan fingerprint density at radius 2 is 2.19 bits per heavy atom. The molecule has 2 nitrogen and oxygen atoms in total. The highest BCUT2D eigenvalue weighted by Crippen LogP contribution is 2.22. The van der Waals surface area contributed by atoms with E-state index in [-0.39, 0.29) is 0 Å². The zero-order valence-electron chi connectivity index (χ0n) is 10.7. The Kier molecular flexibility index (Phi) is 4.42. The van der Waals surface area contributed by atoms with Crippen LogP contribution in [0.5, 0.6) is 0 Å². The van der Waals surface area contributed by atoms with E-state index >= 15 is 0 Å². The average molecular weight is 223 g/mol. The average Bonchev–Trinajstić information content (AvgIpc) is 2.65. The molecule has 0 radical (unpaired) electrons. The molecule has 0 aromatic heterocycles. The number of piperidine rings is 1. The topological polar surface area (TPSA) is 21.3 Å². The van der Waals surface area contributed by atoms with Crippen molar-refractivity contribution >= 4 is 0 Å². The molecule has 2 saturated heterocycles. The van der Waals surface area contributed by atoms with Crippen LogP contribution >= 0.6 is 0 Å². The molecule has 2 heterocycles. The van der Waals surface area contributed by atoms with Crippen LogP contribution in [0, 0.1) is 0 Å². The van der Waals surface area contributed by atoms with E-state index in [1.54, 1.807) is 0 Å². The Hall–Kier alpha value is -0.340. The lowest BCUT2D eigenvalue weighted by Gasteiger charge is -2.24. The number of rotatable bonds is 3. The number of hydrogen-bond acceptors (Lipinski definition) is 2. The van der Waals surface area contributed by atoms with E-state index in [4.69, 9.17) is 4.74 Å². The van der Waals surface area contributed by atoms with E-state index in [2.05, 4.69) is 25.2 Å². The molecular weight excluding hydrogens is 198 g/mol. The van der Waals surface area contributed by atoms with Crippen LogP contribution in [0.2, 0.25) is 0 Å². The van der Waals surface area contributed by atoms with Crippen LogP contribution in [0.4, 0.5) is 0 Å². The van der Waals surface area contributed by atoms with Crippen LogP contribution in [0.25, 0.3) is 0 Å². The summed E-state index contributed by atoms with van der Waals surface area (Å²) in [6.45, 7) is 5.63. The SMILES string of the molecule is C/C(=C/C1CCC(C)O1)CC1CCCCN1. The van der Waals surface area contributed by atoms with Crippen molar-refractivity contribution in [1.29, 1.82) is 0 Å². The van der Waals surface area contributed by atoms with Crippen molar-refractivity contribution in [2.45, 2.75) is 70.6 Å². The minimum Gasteiger partial charge on any atom is -0.371 e. The van der Waals surface area contributed by atoms with Gasteiger partial charge in [0.2, 0.25) is 0 Å². The van der Waals surface area contributed by atoms with Crippen molar-refractivity contribution in [3.05, 3.63) is 11.6 Å². The van der Waals surface area contributed by atoms with E-state index in [1.807, 2.05) is 0 Å². The lowest BCUT2D eigenvalue weighted by molar-refractivity contribution is 0.0827. The van der Waals surface area contributed by atoms with Crippen LogP contribution in [0.15, 0.2) is 11.6 Å². The number of ether oxygens (including phenoxy) is 1. The van der Waals surface area contributed by atoms with Crippen LogP contribution in [-0.4, -0.2) is 24.8 Å². The summed E-state index contributed by atoms with van der Waals surface area (Å²) >= 11 is 0. The largest absolute Gasteiger partial charge is 0.371 e. The minimum absolute atomic E-state index is 0.388. The van der Waals surface area contributed by atoms with Crippen LogP contribution < -0.4 is 5.32 Å². The molecule has 0 saturated carbocycles. The fourth-order valence-electron chi connectivity index (χ4n) is 2.83. The molecule has 2 aliphatic heterocycles. The molecule has 3 unspecified atom stereocenters. The lowest BCUT2D eigenvalue weighted by Crippen LogP contribution is -2.34. The Labute approximate surface area is 99.4 Å². The second kappa shape index (κ2) is 5.83. The van der Waals surface area contributed by atoms with Gasteiger partial charge >= 0.3 is 0 Å².